The predicted molar refractivity (Wildman–Crippen MR) is 82.5 cm³/mol. The third-order valence-electron chi connectivity index (χ3n) is 2.93. The van der Waals surface area contributed by atoms with Crippen molar-refractivity contribution in [2.45, 2.75) is 6.92 Å². The molecule has 0 aliphatic rings. The van der Waals surface area contributed by atoms with Crippen LogP contribution in [0, 0.1) is 6.92 Å². The lowest BCUT2D eigenvalue weighted by Crippen LogP contribution is -2.01. The van der Waals surface area contributed by atoms with Crippen LogP contribution >= 0.6 is 15.9 Å². The van der Waals surface area contributed by atoms with E-state index in [2.05, 4.69) is 41.1 Å². The molecule has 0 N–H and O–H groups in total. The van der Waals surface area contributed by atoms with Crippen molar-refractivity contribution in [3.8, 4) is 22.6 Å². The lowest BCUT2D eigenvalue weighted by atomic mass is 10.0. The van der Waals surface area contributed by atoms with Crippen LogP contribution in [0.15, 0.2) is 42.5 Å². The molecule has 2 nitrogen and oxygen atoms in total. The molecule has 0 heterocycles. The van der Waals surface area contributed by atoms with E-state index in [1.165, 1.54) is 0 Å². The average molecular weight is 321 g/mol. The summed E-state index contributed by atoms with van der Waals surface area (Å²) < 4.78 is 11.3. The number of ether oxygens (including phenoxy) is 2. The van der Waals surface area contributed by atoms with E-state index in [1.54, 1.807) is 7.11 Å². The van der Waals surface area contributed by atoms with Gasteiger partial charge in [0.15, 0.2) is 0 Å². The highest BCUT2D eigenvalue weighted by molar-refractivity contribution is 9.09. The maximum atomic E-state index is 5.87. The smallest absolute Gasteiger partial charge is 0.130 e. The fourth-order valence-electron chi connectivity index (χ4n) is 2.06. The van der Waals surface area contributed by atoms with Crippen molar-refractivity contribution in [1.29, 1.82) is 0 Å². The minimum absolute atomic E-state index is 0.646. The Hall–Kier alpha value is -1.48. The van der Waals surface area contributed by atoms with Gasteiger partial charge in [-0.15, -0.1) is 0 Å². The van der Waals surface area contributed by atoms with Crippen molar-refractivity contribution >= 4 is 15.9 Å². The summed E-state index contributed by atoms with van der Waals surface area (Å²) in [6, 6.07) is 14.2. The number of para-hydroxylation sites is 2. The highest BCUT2D eigenvalue weighted by Gasteiger charge is 2.12. The summed E-state index contributed by atoms with van der Waals surface area (Å²) in [5.41, 5.74) is 3.25. The molecule has 3 heteroatoms. The van der Waals surface area contributed by atoms with Gasteiger partial charge in [-0.2, -0.15) is 0 Å². The minimum atomic E-state index is 0.646. The summed E-state index contributed by atoms with van der Waals surface area (Å²) in [7, 11) is 1.69. The van der Waals surface area contributed by atoms with Gasteiger partial charge in [-0.05, 0) is 18.6 Å². The molecule has 2 aromatic carbocycles. The highest BCUT2D eigenvalue weighted by Crippen LogP contribution is 2.37. The van der Waals surface area contributed by atoms with Gasteiger partial charge >= 0.3 is 0 Å². The van der Waals surface area contributed by atoms with Crippen molar-refractivity contribution in [1.82, 2.24) is 0 Å². The topological polar surface area (TPSA) is 18.5 Å². The maximum absolute atomic E-state index is 5.87. The molecule has 100 valence electrons. The molecule has 0 aliphatic carbocycles. The van der Waals surface area contributed by atoms with Gasteiger partial charge in [-0.3, -0.25) is 0 Å². The number of methoxy groups -OCH3 is 1. The SMILES string of the molecule is COc1ccccc1-c1cccc(C)c1OCCBr. The van der Waals surface area contributed by atoms with Crippen LogP contribution in [-0.2, 0) is 0 Å². The number of benzene rings is 2. The van der Waals surface area contributed by atoms with Crippen LogP contribution in [0.1, 0.15) is 5.56 Å². The summed E-state index contributed by atoms with van der Waals surface area (Å²) in [5, 5.41) is 0.812. The van der Waals surface area contributed by atoms with E-state index < -0.39 is 0 Å². The number of hydrogen-bond donors (Lipinski definition) is 0. The Morgan fingerprint density at radius 3 is 2.47 bits per heavy atom. The number of halogens is 1. The van der Waals surface area contributed by atoms with Crippen LogP contribution in [0.4, 0.5) is 0 Å². The Morgan fingerprint density at radius 2 is 1.74 bits per heavy atom. The Labute approximate surface area is 122 Å². The number of hydrogen-bond acceptors (Lipinski definition) is 2. The van der Waals surface area contributed by atoms with Gasteiger partial charge in [0.2, 0.25) is 0 Å². The standard InChI is InChI=1S/C16H17BrO2/c1-12-6-5-8-14(16(12)19-11-10-17)13-7-3-4-9-15(13)18-2/h3-9H,10-11H2,1-2H3. The largest absolute Gasteiger partial charge is 0.496 e. The van der Waals surface area contributed by atoms with Crippen molar-refractivity contribution in [3.63, 3.8) is 0 Å². The van der Waals surface area contributed by atoms with Crippen molar-refractivity contribution in [3.05, 3.63) is 48.0 Å². The van der Waals surface area contributed by atoms with Crippen LogP contribution in [-0.4, -0.2) is 19.0 Å². The molecular weight excluding hydrogens is 304 g/mol. The van der Waals surface area contributed by atoms with E-state index in [9.17, 15) is 0 Å². The first-order valence-corrected chi connectivity index (χ1v) is 7.32. The number of rotatable bonds is 5. The lowest BCUT2D eigenvalue weighted by Gasteiger charge is -2.15. The molecular formula is C16H17BrO2. The molecule has 2 aromatic rings. The van der Waals surface area contributed by atoms with Crippen LogP contribution in [0.5, 0.6) is 11.5 Å². The highest BCUT2D eigenvalue weighted by atomic mass is 79.9. The van der Waals surface area contributed by atoms with Gasteiger partial charge in [0.05, 0.1) is 13.7 Å². The fourth-order valence-corrected chi connectivity index (χ4v) is 2.23. The van der Waals surface area contributed by atoms with Crippen LogP contribution in [0.2, 0.25) is 0 Å². The van der Waals surface area contributed by atoms with Crippen LogP contribution in [0.25, 0.3) is 11.1 Å². The third kappa shape index (κ3) is 3.10. The van der Waals surface area contributed by atoms with E-state index in [4.69, 9.17) is 9.47 Å². The Morgan fingerprint density at radius 1 is 1.00 bits per heavy atom. The van der Waals surface area contributed by atoms with Crippen LogP contribution < -0.4 is 9.47 Å². The van der Waals surface area contributed by atoms with Gasteiger partial charge in [-0.1, -0.05) is 52.3 Å². The molecule has 0 saturated heterocycles. The maximum Gasteiger partial charge on any atom is 0.130 e. The first kappa shape index (κ1) is 13.9. The van der Waals surface area contributed by atoms with E-state index >= 15 is 0 Å². The summed E-state index contributed by atoms with van der Waals surface area (Å²) >= 11 is 3.39. The summed E-state index contributed by atoms with van der Waals surface area (Å²) in [4.78, 5) is 0. The zero-order valence-electron chi connectivity index (χ0n) is 11.2. The Balaban J connectivity index is 2.52. The molecule has 0 amide bonds. The van der Waals surface area contributed by atoms with Crippen molar-refractivity contribution < 1.29 is 9.47 Å². The molecule has 0 fully saturated rings. The van der Waals surface area contributed by atoms with E-state index in [0.29, 0.717) is 6.61 Å². The number of alkyl halides is 1. The minimum Gasteiger partial charge on any atom is -0.496 e. The summed E-state index contributed by atoms with van der Waals surface area (Å²) in [6.07, 6.45) is 0. The molecule has 0 spiro atoms. The second-order valence-corrected chi connectivity index (χ2v) is 4.98. The first-order chi connectivity index (χ1) is 9.27. The first-order valence-electron chi connectivity index (χ1n) is 6.19. The van der Waals surface area contributed by atoms with Gasteiger partial charge in [-0.25, -0.2) is 0 Å². The second kappa shape index (κ2) is 6.62. The normalized spacial score (nSPS) is 10.3. The Bertz CT molecular complexity index is 552. The van der Waals surface area contributed by atoms with E-state index in [-0.39, 0.29) is 0 Å². The zero-order chi connectivity index (χ0) is 13.7. The van der Waals surface area contributed by atoms with Gasteiger partial charge in [0.25, 0.3) is 0 Å². The second-order valence-electron chi connectivity index (χ2n) is 4.19. The van der Waals surface area contributed by atoms with Gasteiger partial charge < -0.3 is 9.47 Å². The van der Waals surface area contributed by atoms with Crippen molar-refractivity contribution in [2.75, 3.05) is 19.0 Å². The molecule has 0 bridgehead atoms. The molecule has 0 unspecified atom stereocenters. The Kier molecular flexibility index (Phi) is 4.86. The van der Waals surface area contributed by atoms with Gasteiger partial charge in [0.1, 0.15) is 11.5 Å². The molecule has 0 radical (unpaired) electrons. The quantitative estimate of drug-likeness (QED) is 0.758. The average Bonchev–Trinajstić information content (AvgIpc) is 2.46. The summed E-state index contributed by atoms with van der Waals surface area (Å²) in [6.45, 7) is 2.70. The fraction of sp³-hybridized carbons (Fsp3) is 0.250. The molecule has 0 aromatic heterocycles. The van der Waals surface area contributed by atoms with Gasteiger partial charge in [0, 0.05) is 16.5 Å². The lowest BCUT2D eigenvalue weighted by molar-refractivity contribution is 0.343. The summed E-state index contributed by atoms with van der Waals surface area (Å²) in [5.74, 6) is 1.78. The third-order valence-corrected chi connectivity index (χ3v) is 3.26. The molecule has 2 rings (SSSR count). The predicted octanol–water partition coefficient (Wildman–Crippen LogP) is 4.44. The van der Waals surface area contributed by atoms with Crippen molar-refractivity contribution in [2.24, 2.45) is 0 Å². The van der Waals surface area contributed by atoms with E-state index in [0.717, 1.165) is 33.5 Å². The molecule has 0 aliphatic heterocycles. The molecule has 19 heavy (non-hydrogen) atoms. The monoisotopic (exact) mass is 320 g/mol. The van der Waals surface area contributed by atoms with E-state index in [1.807, 2.05) is 24.3 Å². The van der Waals surface area contributed by atoms with Crippen LogP contribution in [0.3, 0.4) is 0 Å². The molecule has 0 atom stereocenters. The molecule has 0 saturated carbocycles. The zero-order valence-corrected chi connectivity index (χ0v) is 12.7. The number of aryl methyl sites for hydroxylation is 1.